The van der Waals surface area contributed by atoms with Gasteiger partial charge in [0, 0.05) is 12.7 Å². The summed E-state index contributed by atoms with van der Waals surface area (Å²) in [5.41, 5.74) is 1.68. The highest BCUT2D eigenvalue weighted by molar-refractivity contribution is 5.95. The topological polar surface area (TPSA) is 41.6 Å². The molecule has 4 nitrogen and oxygen atoms in total. The predicted octanol–water partition coefficient (Wildman–Crippen LogP) is 3.92. The van der Waals surface area contributed by atoms with Gasteiger partial charge >= 0.3 is 0 Å². The molecule has 0 heterocycles. The van der Waals surface area contributed by atoms with E-state index in [9.17, 15) is 4.79 Å². The smallest absolute Gasteiger partial charge is 0.243 e. The Morgan fingerprint density at radius 2 is 1.71 bits per heavy atom. The van der Waals surface area contributed by atoms with Crippen LogP contribution in [-0.2, 0) is 4.79 Å². The molecule has 1 amide bonds. The average Bonchev–Trinajstić information content (AvgIpc) is 2.61. The van der Waals surface area contributed by atoms with Crippen LogP contribution in [0.1, 0.15) is 0 Å². The van der Waals surface area contributed by atoms with Gasteiger partial charge in [-0.1, -0.05) is 42.5 Å². The van der Waals surface area contributed by atoms with E-state index in [0.717, 1.165) is 11.1 Å². The molecule has 122 valence electrons. The Kier molecular flexibility index (Phi) is 4.66. The fourth-order valence-electron chi connectivity index (χ4n) is 2.66. The van der Waals surface area contributed by atoms with Gasteiger partial charge in [0.25, 0.3) is 0 Å². The molecule has 3 rings (SSSR count). The molecule has 0 saturated carbocycles. The van der Waals surface area contributed by atoms with Crippen LogP contribution in [0.2, 0.25) is 0 Å². The van der Waals surface area contributed by atoms with Crippen molar-refractivity contribution in [3.63, 3.8) is 0 Å². The molecule has 0 saturated heterocycles. The van der Waals surface area contributed by atoms with Crippen molar-refractivity contribution >= 4 is 28.1 Å². The van der Waals surface area contributed by atoms with Crippen molar-refractivity contribution in [3.8, 4) is 5.75 Å². The number of para-hydroxylation sites is 2. The maximum absolute atomic E-state index is 12.3. The second kappa shape index (κ2) is 7.04. The normalized spacial score (nSPS) is 10.4. The van der Waals surface area contributed by atoms with E-state index in [1.165, 1.54) is 5.39 Å². The predicted molar refractivity (Wildman–Crippen MR) is 98.8 cm³/mol. The average molecular weight is 320 g/mol. The Labute approximate surface area is 141 Å². The van der Waals surface area contributed by atoms with Crippen LogP contribution < -0.4 is 15.0 Å². The standard InChI is InChI=1S/C20H20N2O2/c1-22(17-12-11-15-7-3-4-8-16(15)13-17)14-20(23)21-18-9-5-6-10-19(18)24-2/h3-13H,14H2,1-2H3,(H,21,23). The minimum absolute atomic E-state index is 0.0878. The van der Waals surface area contributed by atoms with Gasteiger partial charge in [0.15, 0.2) is 0 Å². The number of nitrogens with one attached hydrogen (secondary N) is 1. The quantitative estimate of drug-likeness (QED) is 0.774. The van der Waals surface area contributed by atoms with Gasteiger partial charge in [0.1, 0.15) is 5.75 Å². The Bertz CT molecular complexity index is 861. The van der Waals surface area contributed by atoms with Crippen LogP contribution in [0.4, 0.5) is 11.4 Å². The summed E-state index contributed by atoms with van der Waals surface area (Å²) >= 11 is 0. The molecule has 0 fully saturated rings. The Morgan fingerprint density at radius 3 is 2.50 bits per heavy atom. The lowest BCUT2D eigenvalue weighted by Crippen LogP contribution is -2.30. The summed E-state index contributed by atoms with van der Waals surface area (Å²) in [6.45, 7) is 0.260. The molecule has 0 aliphatic heterocycles. The molecule has 3 aromatic rings. The third-order valence-corrected chi connectivity index (χ3v) is 3.94. The van der Waals surface area contributed by atoms with Crippen molar-refractivity contribution in [1.29, 1.82) is 0 Å². The van der Waals surface area contributed by atoms with Crippen LogP contribution in [0.25, 0.3) is 10.8 Å². The monoisotopic (exact) mass is 320 g/mol. The second-order valence-corrected chi connectivity index (χ2v) is 5.64. The van der Waals surface area contributed by atoms with Crippen molar-refractivity contribution in [2.24, 2.45) is 0 Å². The molecule has 0 aliphatic rings. The largest absolute Gasteiger partial charge is 0.495 e. The van der Waals surface area contributed by atoms with Crippen molar-refractivity contribution in [1.82, 2.24) is 0 Å². The first kappa shape index (κ1) is 15.9. The Balaban J connectivity index is 1.71. The third kappa shape index (κ3) is 3.49. The lowest BCUT2D eigenvalue weighted by Gasteiger charge is -2.20. The summed E-state index contributed by atoms with van der Waals surface area (Å²) in [6, 6.07) is 21.8. The van der Waals surface area contributed by atoms with E-state index in [0.29, 0.717) is 11.4 Å². The number of rotatable bonds is 5. The van der Waals surface area contributed by atoms with Gasteiger partial charge in [-0.25, -0.2) is 0 Å². The molecule has 0 atom stereocenters. The number of likely N-dealkylation sites (N-methyl/N-ethyl adjacent to an activating group) is 1. The van der Waals surface area contributed by atoms with Crippen LogP contribution in [0.3, 0.4) is 0 Å². The second-order valence-electron chi connectivity index (χ2n) is 5.64. The van der Waals surface area contributed by atoms with Gasteiger partial charge in [0.05, 0.1) is 19.3 Å². The fraction of sp³-hybridized carbons (Fsp3) is 0.150. The van der Waals surface area contributed by atoms with E-state index < -0.39 is 0 Å². The maximum Gasteiger partial charge on any atom is 0.243 e. The molecule has 1 N–H and O–H groups in total. The minimum Gasteiger partial charge on any atom is -0.495 e. The van der Waals surface area contributed by atoms with Crippen molar-refractivity contribution in [2.75, 3.05) is 30.9 Å². The van der Waals surface area contributed by atoms with Crippen molar-refractivity contribution in [3.05, 3.63) is 66.7 Å². The molecule has 0 bridgehead atoms. The van der Waals surface area contributed by atoms with E-state index in [1.54, 1.807) is 7.11 Å². The van der Waals surface area contributed by atoms with E-state index in [1.807, 2.05) is 54.4 Å². The number of anilines is 2. The van der Waals surface area contributed by atoms with Crippen LogP contribution in [0.5, 0.6) is 5.75 Å². The zero-order chi connectivity index (χ0) is 16.9. The molecule has 0 unspecified atom stereocenters. The lowest BCUT2D eigenvalue weighted by atomic mass is 10.1. The molecule has 0 aromatic heterocycles. The SMILES string of the molecule is COc1ccccc1NC(=O)CN(C)c1ccc2ccccc2c1. The highest BCUT2D eigenvalue weighted by Crippen LogP contribution is 2.24. The van der Waals surface area contributed by atoms with Gasteiger partial charge in [0.2, 0.25) is 5.91 Å². The number of fused-ring (bicyclic) bond motifs is 1. The van der Waals surface area contributed by atoms with Crippen LogP contribution in [0, 0.1) is 0 Å². The number of hydrogen-bond donors (Lipinski definition) is 1. The van der Waals surface area contributed by atoms with Gasteiger partial charge in [-0.3, -0.25) is 4.79 Å². The highest BCUT2D eigenvalue weighted by Gasteiger charge is 2.10. The summed E-state index contributed by atoms with van der Waals surface area (Å²) < 4.78 is 5.26. The van der Waals surface area contributed by atoms with Crippen LogP contribution in [-0.4, -0.2) is 26.6 Å². The third-order valence-electron chi connectivity index (χ3n) is 3.94. The van der Waals surface area contributed by atoms with E-state index in [4.69, 9.17) is 4.74 Å². The number of methoxy groups -OCH3 is 1. The van der Waals surface area contributed by atoms with E-state index in [-0.39, 0.29) is 12.5 Å². The van der Waals surface area contributed by atoms with E-state index >= 15 is 0 Å². The number of carbonyl (C=O) groups is 1. The van der Waals surface area contributed by atoms with Gasteiger partial charge < -0.3 is 15.0 Å². The van der Waals surface area contributed by atoms with Crippen molar-refractivity contribution < 1.29 is 9.53 Å². The number of hydrogen-bond acceptors (Lipinski definition) is 3. The van der Waals surface area contributed by atoms with Gasteiger partial charge in [-0.05, 0) is 35.0 Å². The summed E-state index contributed by atoms with van der Waals surface area (Å²) in [4.78, 5) is 14.2. The number of amides is 1. The van der Waals surface area contributed by atoms with Gasteiger partial charge in [-0.2, -0.15) is 0 Å². The summed E-state index contributed by atoms with van der Waals surface area (Å²) in [6.07, 6.45) is 0. The van der Waals surface area contributed by atoms with Gasteiger partial charge in [-0.15, -0.1) is 0 Å². The Morgan fingerprint density at radius 1 is 1.00 bits per heavy atom. The number of ether oxygens (including phenoxy) is 1. The summed E-state index contributed by atoms with van der Waals surface area (Å²) in [5, 5.41) is 5.24. The van der Waals surface area contributed by atoms with Crippen LogP contribution >= 0.6 is 0 Å². The Hall–Kier alpha value is -3.01. The molecule has 0 spiro atoms. The molecule has 3 aromatic carbocycles. The molecule has 0 aliphatic carbocycles. The zero-order valence-corrected chi connectivity index (χ0v) is 13.8. The molecular weight excluding hydrogens is 300 g/mol. The fourth-order valence-corrected chi connectivity index (χ4v) is 2.66. The molecular formula is C20H20N2O2. The zero-order valence-electron chi connectivity index (χ0n) is 13.8. The first-order chi connectivity index (χ1) is 11.7. The maximum atomic E-state index is 12.3. The number of benzene rings is 3. The molecule has 0 radical (unpaired) electrons. The first-order valence-electron chi connectivity index (χ1n) is 7.80. The lowest BCUT2D eigenvalue weighted by molar-refractivity contribution is -0.114. The molecule has 24 heavy (non-hydrogen) atoms. The minimum atomic E-state index is -0.0878. The van der Waals surface area contributed by atoms with Crippen molar-refractivity contribution in [2.45, 2.75) is 0 Å². The molecule has 4 heteroatoms. The van der Waals surface area contributed by atoms with E-state index in [2.05, 4.69) is 29.6 Å². The summed E-state index contributed by atoms with van der Waals surface area (Å²) in [5.74, 6) is 0.564. The number of nitrogens with zero attached hydrogens (tertiary/aromatic N) is 1. The van der Waals surface area contributed by atoms with Crippen LogP contribution in [0.15, 0.2) is 66.7 Å². The first-order valence-corrected chi connectivity index (χ1v) is 7.80. The summed E-state index contributed by atoms with van der Waals surface area (Å²) in [7, 11) is 3.50. The highest BCUT2D eigenvalue weighted by atomic mass is 16.5. The number of carbonyl (C=O) groups excluding carboxylic acids is 1.